The zero-order chi connectivity index (χ0) is 13.8. The van der Waals surface area contributed by atoms with Crippen LogP contribution in [0.2, 0.25) is 0 Å². The molecule has 3 nitrogen and oxygen atoms in total. The van der Waals surface area contributed by atoms with Gasteiger partial charge in [-0.25, -0.2) is 0 Å². The van der Waals surface area contributed by atoms with E-state index >= 15 is 0 Å². The van der Waals surface area contributed by atoms with Crippen molar-refractivity contribution < 1.29 is 5.11 Å². The molecule has 2 heterocycles. The van der Waals surface area contributed by atoms with Crippen LogP contribution in [0.3, 0.4) is 0 Å². The second-order valence-electron chi connectivity index (χ2n) is 5.79. The molecule has 0 radical (unpaired) electrons. The third-order valence-electron chi connectivity index (χ3n) is 3.67. The van der Waals surface area contributed by atoms with Crippen LogP contribution in [-0.4, -0.2) is 14.9 Å². The number of nitrogens with zero attached hydrogens (tertiary/aromatic N) is 2. The minimum absolute atomic E-state index is 0.426. The Labute approximate surface area is 121 Å². The summed E-state index contributed by atoms with van der Waals surface area (Å²) < 4.78 is 3.11. The molecule has 0 saturated carbocycles. The second kappa shape index (κ2) is 4.18. The Morgan fingerprint density at radius 2 is 2.11 bits per heavy atom. The molecule has 1 atom stereocenters. The average molecular weight is 321 g/mol. The zero-order valence-electron chi connectivity index (χ0n) is 11.3. The SMILES string of the molecule is CC1Cn2nc(C(C)(C)O)cc2-c2ccc(Br)cc21. The molecule has 19 heavy (non-hydrogen) atoms. The van der Waals surface area contributed by atoms with E-state index in [4.69, 9.17) is 0 Å². The van der Waals surface area contributed by atoms with Crippen LogP contribution in [0.25, 0.3) is 11.3 Å². The van der Waals surface area contributed by atoms with Gasteiger partial charge in [0.2, 0.25) is 0 Å². The predicted octanol–water partition coefficient (Wildman–Crippen LogP) is 3.66. The first-order chi connectivity index (χ1) is 8.86. The van der Waals surface area contributed by atoms with Crippen molar-refractivity contribution in [3.05, 3.63) is 40.0 Å². The first-order valence-electron chi connectivity index (χ1n) is 6.47. The van der Waals surface area contributed by atoms with Gasteiger partial charge in [-0.1, -0.05) is 28.9 Å². The molecular weight excluding hydrogens is 304 g/mol. The molecule has 0 aliphatic carbocycles. The number of aliphatic hydroxyl groups is 1. The third kappa shape index (κ3) is 2.13. The monoisotopic (exact) mass is 320 g/mol. The smallest absolute Gasteiger partial charge is 0.103 e. The Bertz CT molecular complexity index is 640. The van der Waals surface area contributed by atoms with E-state index in [-0.39, 0.29) is 0 Å². The maximum atomic E-state index is 10.1. The molecule has 0 bridgehead atoms. The maximum Gasteiger partial charge on any atom is 0.103 e. The molecule has 100 valence electrons. The van der Waals surface area contributed by atoms with Crippen LogP contribution < -0.4 is 0 Å². The van der Waals surface area contributed by atoms with E-state index in [0.29, 0.717) is 5.92 Å². The summed E-state index contributed by atoms with van der Waals surface area (Å²) in [4.78, 5) is 0. The van der Waals surface area contributed by atoms with Gasteiger partial charge in [-0.3, -0.25) is 4.68 Å². The fourth-order valence-corrected chi connectivity index (χ4v) is 2.98. The Morgan fingerprint density at radius 3 is 2.79 bits per heavy atom. The molecule has 0 saturated heterocycles. The fraction of sp³-hybridized carbons (Fsp3) is 0.400. The molecule has 1 aliphatic heterocycles. The lowest BCUT2D eigenvalue weighted by atomic mass is 9.90. The molecule has 0 spiro atoms. The zero-order valence-corrected chi connectivity index (χ0v) is 12.9. The van der Waals surface area contributed by atoms with E-state index in [1.165, 1.54) is 11.1 Å². The van der Waals surface area contributed by atoms with E-state index in [0.717, 1.165) is 22.4 Å². The van der Waals surface area contributed by atoms with Crippen molar-refractivity contribution in [2.75, 3.05) is 0 Å². The lowest BCUT2D eigenvalue weighted by Gasteiger charge is -2.24. The summed E-state index contributed by atoms with van der Waals surface area (Å²) in [5.41, 5.74) is 3.47. The van der Waals surface area contributed by atoms with Gasteiger partial charge in [-0.2, -0.15) is 5.10 Å². The number of halogens is 1. The highest BCUT2D eigenvalue weighted by Crippen LogP contribution is 2.38. The van der Waals surface area contributed by atoms with Crippen LogP contribution in [0.15, 0.2) is 28.7 Å². The molecule has 1 N–H and O–H groups in total. The van der Waals surface area contributed by atoms with Crippen molar-refractivity contribution in [1.29, 1.82) is 0 Å². The minimum Gasteiger partial charge on any atom is -0.384 e. The topological polar surface area (TPSA) is 38.0 Å². The van der Waals surface area contributed by atoms with Gasteiger partial charge in [-0.05, 0) is 37.6 Å². The van der Waals surface area contributed by atoms with E-state index < -0.39 is 5.60 Å². The van der Waals surface area contributed by atoms with Gasteiger partial charge in [0.15, 0.2) is 0 Å². The highest BCUT2D eigenvalue weighted by molar-refractivity contribution is 9.10. The predicted molar refractivity (Wildman–Crippen MR) is 79.0 cm³/mol. The second-order valence-corrected chi connectivity index (χ2v) is 6.70. The van der Waals surface area contributed by atoms with Crippen LogP contribution in [-0.2, 0) is 12.1 Å². The van der Waals surface area contributed by atoms with Gasteiger partial charge >= 0.3 is 0 Å². The summed E-state index contributed by atoms with van der Waals surface area (Å²) in [6, 6.07) is 8.35. The molecular formula is C15H17BrN2O. The molecule has 1 aromatic heterocycles. The van der Waals surface area contributed by atoms with E-state index in [1.807, 2.05) is 10.7 Å². The first kappa shape index (κ1) is 12.9. The number of aromatic nitrogens is 2. The van der Waals surface area contributed by atoms with Gasteiger partial charge in [0.1, 0.15) is 5.60 Å². The number of hydrogen-bond acceptors (Lipinski definition) is 2. The highest BCUT2D eigenvalue weighted by Gasteiger charge is 2.27. The van der Waals surface area contributed by atoms with Gasteiger partial charge in [0, 0.05) is 22.5 Å². The van der Waals surface area contributed by atoms with Crippen molar-refractivity contribution in [3.8, 4) is 11.3 Å². The van der Waals surface area contributed by atoms with E-state index in [1.54, 1.807) is 13.8 Å². The van der Waals surface area contributed by atoms with E-state index in [9.17, 15) is 5.11 Å². The summed E-state index contributed by atoms with van der Waals surface area (Å²) >= 11 is 3.53. The lowest BCUT2D eigenvalue weighted by molar-refractivity contribution is 0.0730. The number of benzene rings is 1. The molecule has 2 aromatic rings. The van der Waals surface area contributed by atoms with Crippen LogP contribution in [0.4, 0.5) is 0 Å². The van der Waals surface area contributed by atoms with E-state index in [2.05, 4.69) is 46.2 Å². The standard InChI is InChI=1S/C15H17BrN2O/c1-9-8-18-13(7-14(17-18)15(2,3)19)11-5-4-10(16)6-12(9)11/h4-7,9,19H,8H2,1-3H3. The lowest BCUT2D eigenvalue weighted by Crippen LogP contribution is -2.18. The average Bonchev–Trinajstić information content (AvgIpc) is 2.73. The van der Waals surface area contributed by atoms with Gasteiger partial charge < -0.3 is 5.11 Å². The van der Waals surface area contributed by atoms with Crippen molar-refractivity contribution in [2.24, 2.45) is 0 Å². The molecule has 3 rings (SSSR count). The summed E-state index contributed by atoms with van der Waals surface area (Å²) in [5.74, 6) is 0.426. The van der Waals surface area contributed by atoms with Crippen molar-refractivity contribution in [2.45, 2.75) is 38.8 Å². The van der Waals surface area contributed by atoms with Crippen LogP contribution in [0.1, 0.15) is 37.9 Å². The summed E-state index contributed by atoms with van der Waals surface area (Å²) in [6.45, 7) is 6.61. The fourth-order valence-electron chi connectivity index (χ4n) is 2.60. The Morgan fingerprint density at radius 1 is 1.37 bits per heavy atom. The number of fused-ring (bicyclic) bond motifs is 3. The number of hydrogen-bond donors (Lipinski definition) is 1. The highest BCUT2D eigenvalue weighted by atomic mass is 79.9. The van der Waals surface area contributed by atoms with Crippen LogP contribution >= 0.6 is 15.9 Å². The summed E-state index contributed by atoms with van der Waals surface area (Å²) in [7, 11) is 0. The Balaban J connectivity index is 2.19. The molecule has 4 heteroatoms. The molecule has 1 aromatic carbocycles. The number of rotatable bonds is 1. The molecule has 1 unspecified atom stereocenters. The largest absolute Gasteiger partial charge is 0.384 e. The molecule has 0 amide bonds. The van der Waals surface area contributed by atoms with Crippen LogP contribution in [0, 0.1) is 0 Å². The molecule has 1 aliphatic rings. The minimum atomic E-state index is -0.900. The quantitative estimate of drug-likeness (QED) is 0.870. The third-order valence-corrected chi connectivity index (χ3v) is 4.17. The van der Waals surface area contributed by atoms with Crippen molar-refractivity contribution in [3.63, 3.8) is 0 Å². The van der Waals surface area contributed by atoms with Gasteiger partial charge in [0.25, 0.3) is 0 Å². The van der Waals surface area contributed by atoms with Crippen molar-refractivity contribution >= 4 is 15.9 Å². The Hall–Kier alpha value is -1.13. The molecule has 0 fully saturated rings. The van der Waals surface area contributed by atoms with Crippen molar-refractivity contribution in [1.82, 2.24) is 9.78 Å². The normalized spacial score (nSPS) is 18.1. The summed E-state index contributed by atoms with van der Waals surface area (Å²) in [5, 5.41) is 14.7. The Kier molecular flexibility index (Phi) is 2.84. The van der Waals surface area contributed by atoms with Crippen LogP contribution in [0.5, 0.6) is 0 Å². The summed E-state index contributed by atoms with van der Waals surface area (Å²) in [6.07, 6.45) is 0. The van der Waals surface area contributed by atoms with Gasteiger partial charge in [-0.15, -0.1) is 0 Å². The first-order valence-corrected chi connectivity index (χ1v) is 7.26. The van der Waals surface area contributed by atoms with Gasteiger partial charge in [0.05, 0.1) is 11.4 Å². The maximum absolute atomic E-state index is 10.1.